The molecule has 0 bridgehead atoms. The number of carbonyl (C=O) groups is 2. The predicted molar refractivity (Wildman–Crippen MR) is 110 cm³/mol. The van der Waals surface area contributed by atoms with E-state index < -0.39 is 0 Å². The second-order valence-corrected chi connectivity index (χ2v) is 7.82. The van der Waals surface area contributed by atoms with Crippen LogP contribution in [0.2, 0.25) is 0 Å². The van der Waals surface area contributed by atoms with Crippen LogP contribution in [0.25, 0.3) is 0 Å². The summed E-state index contributed by atoms with van der Waals surface area (Å²) in [6.45, 7) is 2.80. The highest BCUT2D eigenvalue weighted by atomic mass is 32.1. The van der Waals surface area contributed by atoms with Gasteiger partial charge in [0.1, 0.15) is 16.5 Å². The van der Waals surface area contributed by atoms with Gasteiger partial charge in [-0.15, -0.1) is 11.3 Å². The number of nitrogens with zero attached hydrogens (tertiary/aromatic N) is 3. The Labute approximate surface area is 172 Å². The third-order valence-corrected chi connectivity index (χ3v) is 5.85. The second-order valence-electron chi connectivity index (χ2n) is 6.90. The molecule has 0 radical (unpaired) electrons. The summed E-state index contributed by atoms with van der Waals surface area (Å²) in [7, 11) is 0. The van der Waals surface area contributed by atoms with Crippen LogP contribution in [0.15, 0.2) is 40.8 Å². The highest BCUT2D eigenvalue weighted by Gasteiger charge is 2.43. The van der Waals surface area contributed by atoms with Gasteiger partial charge in [-0.1, -0.05) is 25.1 Å². The van der Waals surface area contributed by atoms with E-state index in [1.165, 1.54) is 17.4 Å². The van der Waals surface area contributed by atoms with Gasteiger partial charge in [0.2, 0.25) is 12.2 Å². The summed E-state index contributed by atoms with van der Waals surface area (Å²) in [6, 6.07) is 8.29. The zero-order valence-corrected chi connectivity index (χ0v) is 16.8. The topological polar surface area (TPSA) is 77.0 Å². The average Bonchev–Trinajstić information content (AvgIpc) is 3.36. The van der Waals surface area contributed by atoms with E-state index in [0.29, 0.717) is 29.2 Å². The third-order valence-electron chi connectivity index (χ3n) is 4.96. The first-order valence-electron chi connectivity index (χ1n) is 9.60. The molecule has 3 heterocycles. The van der Waals surface area contributed by atoms with E-state index in [-0.39, 0.29) is 36.9 Å². The minimum absolute atomic E-state index is 0.00433. The summed E-state index contributed by atoms with van der Waals surface area (Å²) >= 11 is 1.42. The van der Waals surface area contributed by atoms with Gasteiger partial charge in [0, 0.05) is 31.5 Å². The van der Waals surface area contributed by atoms with E-state index in [2.05, 4.69) is 15.8 Å². The minimum atomic E-state index is -0.360. The molecule has 0 aliphatic carbocycles. The standard InChI is InChI=1S/C20H22FN5O2S/c1-2-10-25-19(28)18-15(9-11-29-18)26-16(23-24-20(25)26)7-8-17(27)22-12-13-5-3-4-6-14(13)21/h3-6,9,11,20,24H,2,7-8,10,12H2,1H3,(H,22,27). The molecule has 0 saturated heterocycles. The summed E-state index contributed by atoms with van der Waals surface area (Å²) in [4.78, 5) is 29.5. The number of amides is 2. The summed E-state index contributed by atoms with van der Waals surface area (Å²) < 4.78 is 13.7. The molecule has 0 spiro atoms. The molecule has 1 atom stereocenters. The van der Waals surface area contributed by atoms with Crippen LogP contribution in [0.3, 0.4) is 0 Å². The Morgan fingerprint density at radius 1 is 1.34 bits per heavy atom. The molecule has 0 saturated carbocycles. The van der Waals surface area contributed by atoms with Gasteiger partial charge in [-0.05, 0) is 23.9 Å². The van der Waals surface area contributed by atoms with Crippen molar-refractivity contribution in [2.45, 2.75) is 39.0 Å². The highest BCUT2D eigenvalue weighted by molar-refractivity contribution is 7.12. The monoisotopic (exact) mass is 415 g/mol. The van der Waals surface area contributed by atoms with Crippen molar-refractivity contribution in [1.29, 1.82) is 0 Å². The molecule has 1 aromatic heterocycles. The molecule has 9 heteroatoms. The van der Waals surface area contributed by atoms with Crippen molar-refractivity contribution in [3.8, 4) is 0 Å². The molecule has 4 rings (SSSR count). The van der Waals surface area contributed by atoms with Crippen molar-refractivity contribution < 1.29 is 14.0 Å². The molecule has 2 aliphatic rings. The smallest absolute Gasteiger partial charge is 0.269 e. The molecule has 29 heavy (non-hydrogen) atoms. The van der Waals surface area contributed by atoms with Crippen LogP contribution >= 0.6 is 11.3 Å². The number of nitrogens with one attached hydrogen (secondary N) is 2. The SMILES string of the molecule is CCCN1C(=O)c2sccc2N2C(CCC(=O)NCc3ccccc3F)=NNC12. The largest absolute Gasteiger partial charge is 0.352 e. The highest BCUT2D eigenvalue weighted by Crippen LogP contribution is 2.36. The Hall–Kier alpha value is -2.94. The van der Waals surface area contributed by atoms with Gasteiger partial charge in [0.25, 0.3) is 5.91 Å². The Morgan fingerprint density at radius 3 is 2.97 bits per heavy atom. The molecule has 2 N–H and O–H groups in total. The van der Waals surface area contributed by atoms with Gasteiger partial charge < -0.3 is 5.32 Å². The van der Waals surface area contributed by atoms with E-state index in [4.69, 9.17) is 0 Å². The van der Waals surface area contributed by atoms with Gasteiger partial charge in [0.05, 0.1) is 5.69 Å². The Balaban J connectivity index is 1.40. The van der Waals surface area contributed by atoms with Gasteiger partial charge in [-0.2, -0.15) is 5.10 Å². The van der Waals surface area contributed by atoms with Crippen LogP contribution in [0.5, 0.6) is 0 Å². The lowest BCUT2D eigenvalue weighted by Crippen LogP contribution is -2.58. The number of carbonyl (C=O) groups excluding carboxylic acids is 2. The predicted octanol–water partition coefficient (Wildman–Crippen LogP) is 2.86. The number of hydrogen-bond donors (Lipinski definition) is 2. The van der Waals surface area contributed by atoms with Crippen LogP contribution in [-0.2, 0) is 11.3 Å². The van der Waals surface area contributed by atoms with Crippen LogP contribution in [0.1, 0.15) is 41.4 Å². The maximum Gasteiger partial charge on any atom is 0.269 e. The Kier molecular flexibility index (Phi) is 5.48. The maximum atomic E-state index is 13.7. The third kappa shape index (κ3) is 3.69. The average molecular weight is 415 g/mol. The lowest BCUT2D eigenvalue weighted by molar-refractivity contribution is -0.121. The molecule has 2 amide bonds. The molecular weight excluding hydrogens is 393 g/mol. The summed E-state index contributed by atoms with van der Waals surface area (Å²) in [5.41, 5.74) is 4.32. The number of thiophene rings is 1. The molecule has 2 aromatic rings. The first kappa shape index (κ1) is 19.4. The summed E-state index contributed by atoms with van der Waals surface area (Å²) in [5.74, 6) is 0.205. The second kappa shape index (κ2) is 8.20. The number of hydrogen-bond acceptors (Lipinski definition) is 6. The molecule has 1 unspecified atom stereocenters. The number of benzene rings is 1. The summed E-state index contributed by atoms with van der Waals surface area (Å²) in [5, 5.41) is 9.04. The number of rotatable bonds is 7. The number of halogens is 1. The van der Waals surface area contributed by atoms with E-state index in [1.54, 1.807) is 23.1 Å². The molecule has 7 nitrogen and oxygen atoms in total. The molecule has 0 fully saturated rings. The molecule has 152 valence electrons. The first-order valence-corrected chi connectivity index (χ1v) is 10.5. The number of hydrazone groups is 1. The van der Waals surface area contributed by atoms with Crippen molar-refractivity contribution in [1.82, 2.24) is 15.6 Å². The van der Waals surface area contributed by atoms with E-state index >= 15 is 0 Å². The van der Waals surface area contributed by atoms with Crippen molar-refractivity contribution in [3.63, 3.8) is 0 Å². The molecule has 2 aliphatic heterocycles. The van der Waals surface area contributed by atoms with E-state index in [0.717, 1.165) is 12.1 Å². The lowest BCUT2D eigenvalue weighted by atomic mass is 10.2. The van der Waals surface area contributed by atoms with Gasteiger partial charge >= 0.3 is 0 Å². The van der Waals surface area contributed by atoms with Crippen molar-refractivity contribution in [3.05, 3.63) is 52.0 Å². The molecular formula is C20H22FN5O2S. The van der Waals surface area contributed by atoms with E-state index in [1.807, 2.05) is 23.3 Å². The minimum Gasteiger partial charge on any atom is -0.352 e. The van der Waals surface area contributed by atoms with Gasteiger partial charge in [-0.3, -0.25) is 24.8 Å². The normalized spacial score (nSPS) is 17.5. The number of anilines is 1. The van der Waals surface area contributed by atoms with E-state index in [9.17, 15) is 14.0 Å². The van der Waals surface area contributed by atoms with Gasteiger partial charge in [-0.25, -0.2) is 4.39 Å². The number of amidine groups is 1. The fourth-order valence-corrected chi connectivity index (χ4v) is 4.39. The van der Waals surface area contributed by atoms with Crippen molar-refractivity contribution in [2.24, 2.45) is 5.10 Å². The van der Waals surface area contributed by atoms with Gasteiger partial charge in [0.15, 0.2) is 0 Å². The Morgan fingerprint density at radius 2 is 2.17 bits per heavy atom. The van der Waals surface area contributed by atoms with Crippen LogP contribution in [0.4, 0.5) is 10.1 Å². The van der Waals surface area contributed by atoms with Crippen molar-refractivity contribution in [2.75, 3.05) is 11.4 Å². The first-order chi connectivity index (χ1) is 14.1. The summed E-state index contributed by atoms with van der Waals surface area (Å²) in [6.07, 6.45) is 1.11. The van der Waals surface area contributed by atoms with Crippen LogP contribution in [-0.4, -0.2) is 35.4 Å². The fourth-order valence-electron chi connectivity index (χ4n) is 3.55. The fraction of sp³-hybridized carbons (Fsp3) is 0.350. The molecule has 1 aromatic carbocycles. The number of fused-ring (bicyclic) bond motifs is 3. The zero-order valence-electron chi connectivity index (χ0n) is 16.0. The van der Waals surface area contributed by atoms with Crippen molar-refractivity contribution >= 4 is 34.7 Å². The van der Waals surface area contributed by atoms with Crippen LogP contribution in [0, 0.1) is 5.82 Å². The lowest BCUT2D eigenvalue weighted by Gasteiger charge is -2.39. The Bertz CT molecular complexity index is 960. The quantitative estimate of drug-likeness (QED) is 0.729. The maximum absolute atomic E-state index is 13.7. The van der Waals surface area contributed by atoms with Crippen LogP contribution < -0.4 is 15.6 Å². The zero-order chi connectivity index (χ0) is 20.4.